The number of benzene rings is 1. The van der Waals surface area contributed by atoms with Gasteiger partial charge in [-0.3, -0.25) is 4.79 Å². The fourth-order valence-electron chi connectivity index (χ4n) is 4.21. The van der Waals surface area contributed by atoms with Crippen LogP contribution in [0.2, 0.25) is 0 Å². The second-order valence-electron chi connectivity index (χ2n) is 7.22. The first-order valence-electron chi connectivity index (χ1n) is 9.34. The number of amides is 1. The Morgan fingerprint density at radius 1 is 1.36 bits per heavy atom. The fourth-order valence-corrected chi connectivity index (χ4v) is 4.21. The topological polar surface area (TPSA) is 81.1 Å². The summed E-state index contributed by atoms with van der Waals surface area (Å²) in [5.74, 6) is 1.34. The molecule has 2 aromatic rings. The van der Waals surface area contributed by atoms with Gasteiger partial charge < -0.3 is 15.4 Å². The molecule has 0 radical (unpaired) electrons. The highest BCUT2D eigenvalue weighted by Crippen LogP contribution is 2.44. The molecule has 1 amide bonds. The summed E-state index contributed by atoms with van der Waals surface area (Å²) in [6.45, 7) is 2.88. The number of hydrogen-bond acceptors (Lipinski definition) is 5. The van der Waals surface area contributed by atoms with Crippen molar-refractivity contribution in [3.05, 3.63) is 36.9 Å². The van der Waals surface area contributed by atoms with Gasteiger partial charge in [-0.1, -0.05) is 18.9 Å². The quantitative estimate of drug-likeness (QED) is 0.740. The van der Waals surface area contributed by atoms with E-state index in [4.69, 9.17) is 4.74 Å². The summed E-state index contributed by atoms with van der Waals surface area (Å²) >= 11 is 0. The van der Waals surface area contributed by atoms with Crippen molar-refractivity contribution in [2.45, 2.75) is 32.2 Å². The van der Waals surface area contributed by atoms with Crippen LogP contribution in [0.1, 0.15) is 25.7 Å². The van der Waals surface area contributed by atoms with Gasteiger partial charge >= 0.3 is 0 Å². The summed E-state index contributed by atoms with van der Waals surface area (Å²) in [4.78, 5) is 16.9. The number of aromatic nitrogens is 3. The molecule has 28 heavy (non-hydrogen) atoms. The Labute approximate surface area is 177 Å². The van der Waals surface area contributed by atoms with Crippen LogP contribution >= 0.6 is 24.8 Å². The second kappa shape index (κ2) is 10.1. The molecular formula is C19H27Cl2N5O2. The molecule has 1 saturated heterocycles. The summed E-state index contributed by atoms with van der Waals surface area (Å²) < 4.78 is 7.50. The zero-order valence-corrected chi connectivity index (χ0v) is 17.3. The van der Waals surface area contributed by atoms with Crippen LogP contribution in [0, 0.1) is 11.3 Å². The van der Waals surface area contributed by atoms with Crippen LogP contribution in [-0.4, -0.2) is 40.4 Å². The summed E-state index contributed by atoms with van der Waals surface area (Å²) in [5.41, 5.74) is 0.543. The molecule has 1 aliphatic heterocycles. The van der Waals surface area contributed by atoms with E-state index >= 15 is 0 Å². The number of ether oxygens (including phenoxy) is 1. The van der Waals surface area contributed by atoms with E-state index in [0.717, 1.165) is 43.8 Å². The minimum Gasteiger partial charge on any atom is -0.492 e. The zero-order chi connectivity index (χ0) is 17.8. The highest BCUT2D eigenvalue weighted by molar-refractivity contribution is 5.96. The van der Waals surface area contributed by atoms with Crippen molar-refractivity contribution in [1.82, 2.24) is 20.1 Å². The van der Waals surface area contributed by atoms with Crippen LogP contribution in [0.4, 0.5) is 5.69 Å². The average Bonchev–Trinajstić information content (AvgIpc) is 3.32. The van der Waals surface area contributed by atoms with Crippen LogP contribution in [0.3, 0.4) is 0 Å². The predicted octanol–water partition coefficient (Wildman–Crippen LogP) is 2.92. The van der Waals surface area contributed by atoms with Crippen molar-refractivity contribution in [3.63, 3.8) is 0 Å². The van der Waals surface area contributed by atoms with Gasteiger partial charge in [0.15, 0.2) is 0 Å². The first-order valence-corrected chi connectivity index (χ1v) is 9.34. The lowest BCUT2D eigenvalue weighted by molar-refractivity contribution is -0.128. The van der Waals surface area contributed by atoms with E-state index in [0.29, 0.717) is 19.1 Å². The maximum absolute atomic E-state index is 13.0. The number of hydrogen-bond donors (Lipinski definition) is 2. The van der Waals surface area contributed by atoms with Gasteiger partial charge in [0.2, 0.25) is 5.91 Å². The Balaban J connectivity index is 0.00000140. The highest BCUT2D eigenvalue weighted by atomic mass is 35.5. The van der Waals surface area contributed by atoms with E-state index in [-0.39, 0.29) is 36.1 Å². The molecule has 0 bridgehead atoms. The molecule has 0 spiro atoms. The fraction of sp³-hybridized carbons (Fsp3) is 0.526. The van der Waals surface area contributed by atoms with E-state index in [1.54, 1.807) is 11.0 Å². The summed E-state index contributed by atoms with van der Waals surface area (Å²) in [7, 11) is 0. The molecule has 2 heterocycles. The normalized spacial score (nSPS) is 23.1. The molecule has 2 fully saturated rings. The third-order valence-electron chi connectivity index (χ3n) is 5.64. The lowest BCUT2D eigenvalue weighted by atomic mass is 9.67. The molecule has 1 aromatic heterocycles. The Morgan fingerprint density at radius 2 is 2.25 bits per heavy atom. The van der Waals surface area contributed by atoms with E-state index in [9.17, 15) is 4.79 Å². The maximum Gasteiger partial charge on any atom is 0.232 e. The predicted molar refractivity (Wildman–Crippen MR) is 112 cm³/mol. The van der Waals surface area contributed by atoms with Gasteiger partial charge in [0.05, 0.1) is 12.0 Å². The minimum absolute atomic E-state index is 0. The van der Waals surface area contributed by atoms with Gasteiger partial charge in [-0.05, 0) is 37.4 Å². The second-order valence-corrected chi connectivity index (χ2v) is 7.22. The summed E-state index contributed by atoms with van der Waals surface area (Å²) in [6, 6.07) is 7.61. The van der Waals surface area contributed by atoms with Crippen molar-refractivity contribution in [3.8, 4) is 5.75 Å². The molecule has 2 aliphatic rings. The van der Waals surface area contributed by atoms with Gasteiger partial charge in [-0.25, -0.2) is 9.67 Å². The minimum atomic E-state index is -0.248. The van der Waals surface area contributed by atoms with Gasteiger partial charge in [-0.15, -0.1) is 24.8 Å². The largest absolute Gasteiger partial charge is 0.492 e. The van der Waals surface area contributed by atoms with E-state index in [1.165, 1.54) is 12.7 Å². The van der Waals surface area contributed by atoms with Gasteiger partial charge in [0, 0.05) is 18.3 Å². The smallest absolute Gasteiger partial charge is 0.232 e. The number of fused-ring (bicyclic) bond motifs is 1. The van der Waals surface area contributed by atoms with E-state index in [1.807, 2.05) is 24.3 Å². The molecule has 1 aliphatic carbocycles. The zero-order valence-electron chi connectivity index (χ0n) is 15.7. The molecule has 4 rings (SSSR count). The third kappa shape index (κ3) is 4.77. The number of rotatable bonds is 6. The standard InChI is InChI=1S/C19H25N5O2.2ClH/c25-18(19-7-2-1-4-15(19)11-20-12-19)23-16-5-3-6-17(10-16)26-9-8-24-14-21-13-22-24;;/h3,5-6,10,13-15,20H,1-2,4,7-9,11-12H2,(H,23,25);2*1H/t15-,19+;;/m0../s1. The molecule has 9 heteroatoms. The van der Waals surface area contributed by atoms with Crippen LogP contribution in [0.15, 0.2) is 36.9 Å². The Bertz CT molecular complexity index is 759. The molecular weight excluding hydrogens is 401 g/mol. The number of carbonyl (C=O) groups excluding carboxylic acids is 1. The summed E-state index contributed by atoms with van der Waals surface area (Å²) in [6.07, 6.45) is 7.66. The summed E-state index contributed by atoms with van der Waals surface area (Å²) in [5, 5.41) is 10.6. The molecule has 1 aromatic carbocycles. The lowest BCUT2D eigenvalue weighted by Crippen LogP contribution is -2.44. The third-order valence-corrected chi connectivity index (χ3v) is 5.64. The number of anilines is 1. The first-order chi connectivity index (χ1) is 12.8. The molecule has 2 atom stereocenters. The number of carbonyl (C=O) groups is 1. The first kappa shape index (κ1) is 22.5. The Morgan fingerprint density at radius 3 is 3.07 bits per heavy atom. The van der Waals surface area contributed by atoms with E-state index in [2.05, 4.69) is 20.7 Å². The molecule has 2 N–H and O–H groups in total. The van der Waals surface area contributed by atoms with Crippen LogP contribution in [-0.2, 0) is 11.3 Å². The Kier molecular flexibility index (Phi) is 8.10. The van der Waals surface area contributed by atoms with Crippen molar-refractivity contribution < 1.29 is 9.53 Å². The number of halogens is 2. The monoisotopic (exact) mass is 427 g/mol. The van der Waals surface area contributed by atoms with Crippen LogP contribution in [0.25, 0.3) is 0 Å². The van der Waals surface area contributed by atoms with Crippen molar-refractivity contribution in [2.75, 3.05) is 25.0 Å². The molecule has 154 valence electrons. The van der Waals surface area contributed by atoms with Crippen molar-refractivity contribution in [2.24, 2.45) is 11.3 Å². The van der Waals surface area contributed by atoms with E-state index < -0.39 is 0 Å². The van der Waals surface area contributed by atoms with Gasteiger partial charge in [0.1, 0.15) is 25.0 Å². The number of nitrogens with zero attached hydrogens (tertiary/aromatic N) is 3. The van der Waals surface area contributed by atoms with Crippen molar-refractivity contribution >= 4 is 36.4 Å². The average molecular weight is 428 g/mol. The lowest BCUT2D eigenvalue weighted by Gasteiger charge is -2.37. The number of nitrogens with one attached hydrogen (secondary N) is 2. The van der Waals surface area contributed by atoms with Crippen LogP contribution in [0.5, 0.6) is 5.75 Å². The Hall–Kier alpha value is -1.83. The maximum atomic E-state index is 13.0. The molecule has 0 unspecified atom stereocenters. The van der Waals surface area contributed by atoms with Gasteiger partial charge in [0.25, 0.3) is 0 Å². The molecule has 1 saturated carbocycles. The van der Waals surface area contributed by atoms with Crippen molar-refractivity contribution in [1.29, 1.82) is 0 Å². The highest BCUT2D eigenvalue weighted by Gasteiger charge is 2.49. The van der Waals surface area contributed by atoms with Gasteiger partial charge in [-0.2, -0.15) is 5.10 Å². The molecule has 7 nitrogen and oxygen atoms in total. The van der Waals surface area contributed by atoms with Crippen LogP contribution < -0.4 is 15.4 Å². The SMILES string of the molecule is Cl.Cl.O=C(Nc1cccc(OCCn2cncn2)c1)[C@@]12CCCC[C@H]1CNC2.